The Morgan fingerprint density at radius 2 is 1.89 bits per heavy atom. The van der Waals surface area contributed by atoms with Crippen LogP contribution in [0.3, 0.4) is 0 Å². The zero-order valence-corrected chi connectivity index (χ0v) is 8.01. The van der Waals surface area contributed by atoms with Crippen molar-refractivity contribution in [3.63, 3.8) is 0 Å². The summed E-state index contributed by atoms with van der Waals surface area (Å²) in [6.07, 6.45) is 5.00. The van der Waals surface area contributed by atoms with E-state index in [4.69, 9.17) is 0 Å². The summed E-state index contributed by atoms with van der Waals surface area (Å²) in [5.41, 5.74) is 0. The molecule has 1 heterocycles. The molecule has 0 spiro atoms. The maximum absolute atomic E-state index is 3.73. The largest absolute Gasteiger partial charge is 1.00 e. The zero-order chi connectivity index (χ0) is 5.82. The molecule has 1 rings (SSSR count). The highest BCUT2D eigenvalue weighted by Gasteiger charge is 2.21. The van der Waals surface area contributed by atoms with E-state index in [1.54, 1.807) is 0 Å². The molecule has 2 heteroatoms. The molecule has 0 aromatic carbocycles. The lowest BCUT2D eigenvalue weighted by Gasteiger charge is -1.91. The van der Waals surface area contributed by atoms with Crippen LogP contribution in [-0.2, 0) is 10.9 Å². The van der Waals surface area contributed by atoms with Crippen LogP contribution in [0.5, 0.6) is 0 Å². The van der Waals surface area contributed by atoms with Gasteiger partial charge in [0.05, 0.1) is 0 Å². The molecule has 0 aromatic heterocycles. The van der Waals surface area contributed by atoms with Gasteiger partial charge in [0.25, 0.3) is 0 Å². The van der Waals surface area contributed by atoms with Gasteiger partial charge < -0.3 is 17.0 Å². The van der Waals surface area contributed by atoms with Crippen molar-refractivity contribution in [2.24, 2.45) is 0 Å². The van der Waals surface area contributed by atoms with E-state index in [1.807, 2.05) is 0 Å². The second kappa shape index (κ2) is 5.36. The first-order valence-corrected chi connectivity index (χ1v) is 4.91. The minimum atomic E-state index is 0. The van der Waals surface area contributed by atoms with E-state index in [0.29, 0.717) is 0 Å². The smallest absolute Gasteiger partial charge is 0.126 e. The van der Waals surface area contributed by atoms with Crippen molar-refractivity contribution in [1.82, 2.24) is 0 Å². The Balaban J connectivity index is 0.000000640. The van der Waals surface area contributed by atoms with Crippen LogP contribution in [0.1, 0.15) is 12.8 Å². The van der Waals surface area contributed by atoms with Crippen molar-refractivity contribution in [2.75, 3.05) is 17.3 Å². The van der Waals surface area contributed by atoms with Gasteiger partial charge >= 0.3 is 0 Å². The molecule has 1 saturated heterocycles. The quantitative estimate of drug-likeness (QED) is 0.387. The average molecular weight is 209 g/mol. The summed E-state index contributed by atoms with van der Waals surface area (Å²) in [5.74, 6) is 4.23. The van der Waals surface area contributed by atoms with Gasteiger partial charge in [0.2, 0.25) is 0 Å². The predicted molar refractivity (Wildman–Crippen MR) is 41.4 cm³/mol. The summed E-state index contributed by atoms with van der Waals surface area (Å²) in [5, 5.41) is 0. The fourth-order valence-corrected chi connectivity index (χ4v) is 3.14. The van der Waals surface area contributed by atoms with Gasteiger partial charge in [-0.05, 0) is 29.8 Å². The molecule has 0 bridgehead atoms. The van der Waals surface area contributed by atoms with Crippen LogP contribution in [-0.4, -0.2) is 17.3 Å². The van der Waals surface area contributed by atoms with Crippen LogP contribution in [0.4, 0.5) is 0 Å². The first-order chi connectivity index (χ1) is 3.93. The molecular formula is C7H13BrS. The fourth-order valence-electron chi connectivity index (χ4n) is 1.05. The topological polar surface area (TPSA) is 0 Å². The molecule has 0 nitrogen and oxygen atoms in total. The molecule has 9 heavy (non-hydrogen) atoms. The van der Waals surface area contributed by atoms with Gasteiger partial charge in [-0.2, -0.15) is 0 Å². The number of hydrogen-bond donors (Lipinski definition) is 0. The number of rotatable bonds is 2. The number of hydrogen-bond acceptors (Lipinski definition) is 0. The highest BCUT2D eigenvalue weighted by atomic mass is 79.9. The molecule has 0 saturated carbocycles. The van der Waals surface area contributed by atoms with Crippen LogP contribution in [0.2, 0.25) is 0 Å². The number of halogens is 1. The third-order valence-corrected chi connectivity index (χ3v) is 3.91. The molecule has 0 unspecified atom stereocenters. The Morgan fingerprint density at radius 3 is 2.33 bits per heavy atom. The van der Waals surface area contributed by atoms with E-state index in [9.17, 15) is 0 Å². The molecule has 0 radical (unpaired) electrons. The van der Waals surface area contributed by atoms with Gasteiger partial charge in [-0.15, -0.1) is 0 Å². The van der Waals surface area contributed by atoms with E-state index in [-0.39, 0.29) is 17.0 Å². The van der Waals surface area contributed by atoms with Crippen LogP contribution < -0.4 is 17.0 Å². The van der Waals surface area contributed by atoms with Crippen LogP contribution >= 0.6 is 0 Å². The van der Waals surface area contributed by atoms with Gasteiger partial charge in [0.15, 0.2) is 0 Å². The van der Waals surface area contributed by atoms with Crippen LogP contribution in [0.15, 0.2) is 12.7 Å². The molecule has 0 aromatic rings. The lowest BCUT2D eigenvalue weighted by molar-refractivity contribution is -0.00000170. The molecule has 0 amide bonds. The van der Waals surface area contributed by atoms with E-state index >= 15 is 0 Å². The maximum atomic E-state index is 3.73. The first-order valence-electron chi connectivity index (χ1n) is 3.18. The third-order valence-electron chi connectivity index (χ3n) is 1.47. The molecule has 1 fully saturated rings. The summed E-state index contributed by atoms with van der Waals surface area (Å²) >= 11 is 0. The summed E-state index contributed by atoms with van der Waals surface area (Å²) < 4.78 is 0. The monoisotopic (exact) mass is 208 g/mol. The summed E-state index contributed by atoms with van der Waals surface area (Å²) in [6.45, 7) is 3.73. The van der Waals surface area contributed by atoms with Crippen molar-refractivity contribution >= 4 is 10.9 Å². The average Bonchev–Trinajstić information content (AvgIpc) is 2.19. The minimum absolute atomic E-state index is 0. The van der Waals surface area contributed by atoms with Gasteiger partial charge in [-0.1, -0.05) is 6.58 Å². The predicted octanol–water partition coefficient (Wildman–Crippen LogP) is -1.41. The van der Waals surface area contributed by atoms with E-state index < -0.39 is 0 Å². The lowest BCUT2D eigenvalue weighted by atomic mass is 10.4. The Hall–Kier alpha value is 0.570. The van der Waals surface area contributed by atoms with Gasteiger partial charge in [-0.3, -0.25) is 0 Å². The summed E-state index contributed by atoms with van der Waals surface area (Å²) in [6, 6.07) is 0. The first kappa shape index (κ1) is 9.57. The molecule has 1 aliphatic heterocycles. The van der Waals surface area contributed by atoms with E-state index in [0.717, 1.165) is 10.9 Å². The molecule has 0 atom stereocenters. The van der Waals surface area contributed by atoms with Crippen molar-refractivity contribution in [2.45, 2.75) is 12.8 Å². The Labute approximate surface area is 70.8 Å². The van der Waals surface area contributed by atoms with Crippen molar-refractivity contribution in [3.05, 3.63) is 12.7 Å². The Kier molecular flexibility index (Phi) is 5.70. The van der Waals surface area contributed by atoms with Crippen LogP contribution in [0.25, 0.3) is 0 Å². The standard InChI is InChI=1S/C7H13S.BrH/c1-2-5-8-6-3-4-7-8;/h2H,1,3-7H2;1H/q+1;/p-1. The van der Waals surface area contributed by atoms with E-state index in [2.05, 4.69) is 12.7 Å². The molecule has 0 N–H and O–H groups in total. The second-order valence-electron chi connectivity index (χ2n) is 2.18. The summed E-state index contributed by atoms with van der Waals surface area (Å²) in [7, 11) is 0.755. The fraction of sp³-hybridized carbons (Fsp3) is 0.714. The molecule has 54 valence electrons. The van der Waals surface area contributed by atoms with Crippen LogP contribution in [0, 0.1) is 0 Å². The normalized spacial score (nSPS) is 19.1. The van der Waals surface area contributed by atoms with Crippen molar-refractivity contribution in [3.8, 4) is 0 Å². The van der Waals surface area contributed by atoms with E-state index in [1.165, 1.54) is 30.1 Å². The second-order valence-corrected chi connectivity index (χ2v) is 4.56. The Morgan fingerprint density at radius 1 is 1.33 bits per heavy atom. The Bertz CT molecular complexity index is 77.0. The highest BCUT2D eigenvalue weighted by Crippen LogP contribution is 2.12. The lowest BCUT2D eigenvalue weighted by Crippen LogP contribution is -3.00. The minimum Gasteiger partial charge on any atom is -1.00 e. The van der Waals surface area contributed by atoms with Crippen molar-refractivity contribution in [1.29, 1.82) is 0 Å². The zero-order valence-electron chi connectivity index (χ0n) is 5.61. The van der Waals surface area contributed by atoms with Gasteiger partial charge in [0.1, 0.15) is 17.3 Å². The van der Waals surface area contributed by atoms with Gasteiger partial charge in [-0.25, -0.2) is 0 Å². The molecular weight excluding hydrogens is 196 g/mol. The van der Waals surface area contributed by atoms with Gasteiger partial charge in [0, 0.05) is 0 Å². The third kappa shape index (κ3) is 3.31. The maximum Gasteiger partial charge on any atom is 0.126 e. The molecule has 0 aliphatic carbocycles. The summed E-state index contributed by atoms with van der Waals surface area (Å²) in [4.78, 5) is 0. The highest BCUT2D eigenvalue weighted by molar-refractivity contribution is 7.97. The van der Waals surface area contributed by atoms with Crippen molar-refractivity contribution < 1.29 is 17.0 Å². The molecule has 1 aliphatic rings. The SMILES string of the molecule is C=CC[S+]1CCCC1.[Br-].